The highest BCUT2D eigenvalue weighted by atomic mass is 15.2. The van der Waals surface area contributed by atoms with E-state index in [4.69, 9.17) is 9.97 Å². The van der Waals surface area contributed by atoms with Gasteiger partial charge in [-0.15, -0.1) is 0 Å². The Morgan fingerprint density at radius 3 is 2.33 bits per heavy atom. The Kier molecular flexibility index (Phi) is 2.65. The Morgan fingerprint density at radius 1 is 0.815 bits per heavy atom. The van der Waals surface area contributed by atoms with Crippen LogP contribution in [0.5, 0.6) is 0 Å². The summed E-state index contributed by atoms with van der Waals surface area (Å²) in [5.41, 5.74) is 5.20. The number of aromatic nitrogens is 3. The molecule has 2 aromatic heterocycles. The van der Waals surface area contributed by atoms with Gasteiger partial charge in [0.1, 0.15) is 0 Å². The third kappa shape index (κ3) is 1.82. The van der Waals surface area contributed by atoms with Crippen molar-refractivity contribution in [1.29, 1.82) is 0 Å². The molecule has 2 saturated carbocycles. The molecule has 0 spiro atoms. The number of para-hydroxylation sites is 2. The lowest BCUT2D eigenvalue weighted by Crippen LogP contribution is -2.24. The van der Waals surface area contributed by atoms with E-state index < -0.39 is 0 Å². The van der Waals surface area contributed by atoms with E-state index in [1.165, 1.54) is 58.7 Å². The quantitative estimate of drug-likeness (QED) is 0.448. The first kappa shape index (κ1) is 14.4. The SMILES string of the molecule is c1ccc2c(c1)c1ccccc1n2-c1ncc2c(n1)C1CC3CC2CC1C3. The third-order valence-electron chi connectivity index (χ3n) is 7.40. The molecule has 4 aromatic rings. The maximum Gasteiger partial charge on any atom is 0.234 e. The molecule has 2 aromatic carbocycles. The molecule has 27 heavy (non-hydrogen) atoms. The van der Waals surface area contributed by atoms with Gasteiger partial charge in [0.25, 0.3) is 0 Å². The minimum absolute atomic E-state index is 0.665. The van der Waals surface area contributed by atoms with Crippen molar-refractivity contribution < 1.29 is 0 Å². The van der Waals surface area contributed by atoms with Crippen molar-refractivity contribution in [3.63, 3.8) is 0 Å². The Labute approximate surface area is 158 Å². The van der Waals surface area contributed by atoms with Gasteiger partial charge >= 0.3 is 0 Å². The molecule has 3 aliphatic carbocycles. The fourth-order valence-electron chi connectivity index (χ4n) is 6.40. The zero-order valence-corrected chi connectivity index (χ0v) is 15.2. The van der Waals surface area contributed by atoms with E-state index in [9.17, 15) is 0 Å². The molecule has 4 unspecified atom stereocenters. The van der Waals surface area contributed by atoms with Crippen LogP contribution in [0.15, 0.2) is 54.7 Å². The van der Waals surface area contributed by atoms with E-state index in [-0.39, 0.29) is 0 Å². The molecule has 3 nitrogen and oxygen atoms in total. The van der Waals surface area contributed by atoms with Gasteiger partial charge in [-0.25, -0.2) is 9.97 Å². The lowest BCUT2D eigenvalue weighted by atomic mass is 9.71. The van der Waals surface area contributed by atoms with E-state index in [1.54, 1.807) is 0 Å². The van der Waals surface area contributed by atoms with Crippen molar-refractivity contribution in [3.8, 4) is 5.95 Å². The molecular weight excluding hydrogens is 330 g/mol. The van der Waals surface area contributed by atoms with Gasteiger partial charge in [0, 0.05) is 22.9 Å². The lowest BCUT2D eigenvalue weighted by Gasteiger charge is -2.35. The average Bonchev–Trinajstić information content (AvgIpc) is 3.17. The predicted octanol–water partition coefficient (Wildman–Crippen LogP) is 5.57. The fourth-order valence-corrected chi connectivity index (χ4v) is 6.40. The molecule has 2 heterocycles. The summed E-state index contributed by atoms with van der Waals surface area (Å²) in [6.07, 6.45) is 7.65. The lowest BCUT2D eigenvalue weighted by molar-refractivity contribution is 0.293. The van der Waals surface area contributed by atoms with Crippen molar-refractivity contribution in [1.82, 2.24) is 14.5 Å². The summed E-state index contributed by atoms with van der Waals surface area (Å²) >= 11 is 0. The molecule has 0 aliphatic heterocycles. The van der Waals surface area contributed by atoms with E-state index in [1.807, 2.05) is 0 Å². The third-order valence-corrected chi connectivity index (χ3v) is 7.40. The van der Waals surface area contributed by atoms with E-state index in [0.717, 1.165) is 17.8 Å². The molecule has 0 N–H and O–H groups in total. The van der Waals surface area contributed by atoms with Crippen molar-refractivity contribution >= 4 is 21.8 Å². The smallest absolute Gasteiger partial charge is 0.234 e. The summed E-state index contributed by atoms with van der Waals surface area (Å²) in [6, 6.07) is 17.2. The van der Waals surface area contributed by atoms with Gasteiger partial charge in [0.05, 0.1) is 16.7 Å². The molecule has 2 fully saturated rings. The van der Waals surface area contributed by atoms with Gasteiger partial charge in [0.2, 0.25) is 5.95 Å². The molecule has 3 heteroatoms. The minimum atomic E-state index is 0.665. The maximum absolute atomic E-state index is 5.23. The molecule has 7 rings (SSSR count). The number of fused-ring (bicyclic) bond motifs is 8. The van der Waals surface area contributed by atoms with Crippen molar-refractivity contribution in [3.05, 3.63) is 66.0 Å². The first-order valence-electron chi connectivity index (χ1n) is 10.2. The number of hydrogen-bond acceptors (Lipinski definition) is 2. The van der Waals surface area contributed by atoms with Crippen LogP contribution in [0.4, 0.5) is 0 Å². The van der Waals surface area contributed by atoms with Crippen LogP contribution in [0.25, 0.3) is 27.8 Å². The van der Waals surface area contributed by atoms with Crippen LogP contribution in [0, 0.1) is 11.8 Å². The van der Waals surface area contributed by atoms with Gasteiger partial charge < -0.3 is 0 Å². The summed E-state index contributed by atoms with van der Waals surface area (Å²) in [5, 5.41) is 2.55. The van der Waals surface area contributed by atoms with Gasteiger partial charge in [-0.2, -0.15) is 0 Å². The normalized spacial score (nSPS) is 28.1. The summed E-state index contributed by atoms with van der Waals surface area (Å²) < 4.78 is 2.26. The van der Waals surface area contributed by atoms with Crippen LogP contribution >= 0.6 is 0 Å². The highest BCUT2D eigenvalue weighted by molar-refractivity contribution is 6.08. The zero-order valence-electron chi connectivity index (χ0n) is 15.2. The Hall–Kier alpha value is -2.68. The van der Waals surface area contributed by atoms with Crippen LogP contribution in [0.3, 0.4) is 0 Å². The molecule has 4 atom stereocenters. The standard InChI is InChI=1S/C24H21N3/c1-3-7-21-17(5-1)18-6-2-4-8-22(18)27(21)24-25-13-20-16-10-14-9-15(12-16)19(11-14)23(20)26-24/h1-8,13-16,19H,9-12H2. The monoisotopic (exact) mass is 351 g/mol. The second-order valence-corrected chi connectivity index (χ2v) is 8.75. The molecule has 132 valence electrons. The van der Waals surface area contributed by atoms with Crippen LogP contribution in [0.2, 0.25) is 0 Å². The summed E-state index contributed by atoms with van der Waals surface area (Å²) in [6.45, 7) is 0. The molecule has 3 bridgehead atoms. The minimum Gasteiger partial charge on any atom is -0.278 e. The second-order valence-electron chi connectivity index (χ2n) is 8.75. The van der Waals surface area contributed by atoms with Gasteiger partial charge in [-0.1, -0.05) is 36.4 Å². The Bertz CT molecular complexity index is 1170. The number of nitrogens with zero attached hydrogens (tertiary/aromatic N) is 3. The highest BCUT2D eigenvalue weighted by Crippen LogP contribution is 2.59. The number of hydrogen-bond donors (Lipinski definition) is 0. The van der Waals surface area contributed by atoms with E-state index in [0.29, 0.717) is 11.8 Å². The summed E-state index contributed by atoms with van der Waals surface area (Å²) in [4.78, 5) is 10.1. The van der Waals surface area contributed by atoms with Crippen LogP contribution < -0.4 is 0 Å². The molecule has 0 radical (unpaired) electrons. The Balaban J connectivity index is 1.51. The van der Waals surface area contributed by atoms with Crippen LogP contribution in [0.1, 0.15) is 48.8 Å². The molecule has 0 saturated heterocycles. The maximum atomic E-state index is 5.23. The fraction of sp³-hybridized carbons (Fsp3) is 0.333. The molecule has 3 aliphatic rings. The summed E-state index contributed by atoms with van der Waals surface area (Å²) in [7, 11) is 0. The van der Waals surface area contributed by atoms with Crippen LogP contribution in [-0.2, 0) is 0 Å². The van der Waals surface area contributed by atoms with Crippen molar-refractivity contribution in [2.24, 2.45) is 11.8 Å². The van der Waals surface area contributed by atoms with Gasteiger partial charge in [-0.05, 0) is 61.1 Å². The largest absolute Gasteiger partial charge is 0.278 e. The first-order chi connectivity index (χ1) is 13.4. The van der Waals surface area contributed by atoms with Crippen molar-refractivity contribution in [2.75, 3.05) is 0 Å². The van der Waals surface area contributed by atoms with Crippen LogP contribution in [-0.4, -0.2) is 14.5 Å². The second kappa shape index (κ2) is 4.98. The van der Waals surface area contributed by atoms with Gasteiger partial charge in [0.15, 0.2) is 0 Å². The number of benzene rings is 2. The van der Waals surface area contributed by atoms with E-state index in [2.05, 4.69) is 59.3 Å². The topological polar surface area (TPSA) is 30.7 Å². The predicted molar refractivity (Wildman–Crippen MR) is 107 cm³/mol. The van der Waals surface area contributed by atoms with Gasteiger partial charge in [-0.3, -0.25) is 4.57 Å². The summed E-state index contributed by atoms with van der Waals surface area (Å²) in [5.74, 6) is 4.00. The molecule has 0 amide bonds. The van der Waals surface area contributed by atoms with E-state index >= 15 is 0 Å². The Morgan fingerprint density at radius 2 is 1.56 bits per heavy atom. The van der Waals surface area contributed by atoms with Crippen molar-refractivity contribution in [2.45, 2.75) is 37.5 Å². The average molecular weight is 351 g/mol. The molecular formula is C24H21N3. The number of rotatable bonds is 1. The first-order valence-corrected chi connectivity index (χ1v) is 10.2. The zero-order chi connectivity index (χ0) is 17.5. The highest BCUT2D eigenvalue weighted by Gasteiger charge is 2.48.